The van der Waals surface area contributed by atoms with Crippen molar-refractivity contribution in [2.24, 2.45) is 0 Å². The molecule has 3 rings (SSSR count). The van der Waals surface area contributed by atoms with Crippen LogP contribution in [0, 0.1) is 5.82 Å². The molecule has 1 saturated heterocycles. The zero-order valence-corrected chi connectivity index (χ0v) is 17.0. The third-order valence-electron chi connectivity index (χ3n) is 4.30. The lowest BCUT2D eigenvalue weighted by molar-refractivity contribution is -0.134. The van der Waals surface area contributed by atoms with Crippen LogP contribution in [0.3, 0.4) is 0 Å². The molecule has 0 bridgehead atoms. The first-order valence-corrected chi connectivity index (χ1v) is 10.6. The van der Waals surface area contributed by atoms with E-state index >= 15 is 0 Å². The molecule has 0 N–H and O–H groups in total. The molecule has 1 fully saturated rings. The smallest absolute Gasteiger partial charge is 0.260 e. The maximum atomic E-state index is 12.9. The average Bonchev–Trinajstić information content (AvgIpc) is 2.69. The van der Waals surface area contributed by atoms with Gasteiger partial charge >= 0.3 is 0 Å². The van der Waals surface area contributed by atoms with Crippen LogP contribution in [0.1, 0.15) is 0 Å². The lowest BCUT2D eigenvalue weighted by Crippen LogP contribution is -2.51. The number of carbonyl (C=O) groups excluding carboxylic acids is 1. The Hall–Kier alpha value is -1.87. The van der Waals surface area contributed by atoms with Crippen molar-refractivity contribution in [3.63, 3.8) is 0 Å². The summed E-state index contributed by atoms with van der Waals surface area (Å²) in [5.74, 6) is -0.274. The van der Waals surface area contributed by atoms with Gasteiger partial charge in [0.15, 0.2) is 6.61 Å². The van der Waals surface area contributed by atoms with Gasteiger partial charge in [-0.2, -0.15) is 4.31 Å². The largest absolute Gasteiger partial charge is 0.484 e. The molecule has 28 heavy (non-hydrogen) atoms. The molecule has 1 amide bonds. The number of rotatable bonds is 5. The van der Waals surface area contributed by atoms with Crippen molar-refractivity contribution >= 4 is 39.1 Å². The van der Waals surface area contributed by atoms with Gasteiger partial charge in [-0.25, -0.2) is 12.8 Å². The van der Waals surface area contributed by atoms with Crippen LogP contribution in [-0.2, 0) is 14.8 Å². The summed E-state index contributed by atoms with van der Waals surface area (Å²) in [5.41, 5.74) is 0. The van der Waals surface area contributed by atoms with Crippen molar-refractivity contribution in [3.8, 4) is 5.75 Å². The SMILES string of the molecule is O=C(COc1ccc(F)cc1)N1CCN(S(=O)(=O)c2ccc(Cl)c(Cl)c2)CC1. The molecular formula is C18H17Cl2FN2O4S. The van der Waals surface area contributed by atoms with Gasteiger partial charge in [-0.1, -0.05) is 23.2 Å². The molecule has 1 heterocycles. The number of ether oxygens (including phenoxy) is 1. The van der Waals surface area contributed by atoms with Gasteiger partial charge in [0, 0.05) is 26.2 Å². The highest BCUT2D eigenvalue weighted by Crippen LogP contribution is 2.27. The number of hydrogen-bond acceptors (Lipinski definition) is 4. The van der Waals surface area contributed by atoms with Crippen molar-refractivity contribution in [2.75, 3.05) is 32.8 Å². The second-order valence-corrected chi connectivity index (χ2v) is 8.86. The Morgan fingerprint density at radius 2 is 1.64 bits per heavy atom. The summed E-state index contributed by atoms with van der Waals surface area (Å²) < 4.78 is 45.0. The van der Waals surface area contributed by atoms with Gasteiger partial charge in [-0.3, -0.25) is 4.79 Å². The first kappa shape index (κ1) is 20.9. The highest BCUT2D eigenvalue weighted by Gasteiger charge is 2.30. The van der Waals surface area contributed by atoms with Crippen molar-refractivity contribution in [2.45, 2.75) is 4.90 Å². The maximum absolute atomic E-state index is 12.9. The predicted octanol–water partition coefficient (Wildman–Crippen LogP) is 3.04. The Labute approximate surface area is 172 Å². The molecule has 150 valence electrons. The van der Waals surface area contributed by atoms with Crippen molar-refractivity contribution in [3.05, 3.63) is 58.3 Å². The molecule has 2 aromatic carbocycles. The number of nitrogens with zero attached hydrogens (tertiary/aromatic N) is 2. The first-order chi connectivity index (χ1) is 13.3. The fourth-order valence-electron chi connectivity index (χ4n) is 2.73. The Morgan fingerprint density at radius 3 is 2.25 bits per heavy atom. The van der Waals surface area contributed by atoms with Crippen LogP contribution in [0.25, 0.3) is 0 Å². The van der Waals surface area contributed by atoms with Gasteiger partial charge in [0.05, 0.1) is 14.9 Å². The molecule has 2 aromatic rings. The topological polar surface area (TPSA) is 66.9 Å². The Morgan fingerprint density at radius 1 is 1.00 bits per heavy atom. The van der Waals surface area contributed by atoms with E-state index in [-0.39, 0.29) is 53.6 Å². The van der Waals surface area contributed by atoms with E-state index in [4.69, 9.17) is 27.9 Å². The summed E-state index contributed by atoms with van der Waals surface area (Å²) in [6, 6.07) is 9.50. The lowest BCUT2D eigenvalue weighted by atomic mass is 10.3. The molecule has 0 unspecified atom stereocenters. The van der Waals surface area contributed by atoms with Crippen molar-refractivity contribution in [1.82, 2.24) is 9.21 Å². The third kappa shape index (κ3) is 4.75. The minimum absolute atomic E-state index is 0.0568. The summed E-state index contributed by atoms with van der Waals surface area (Å²) in [6.45, 7) is 0.596. The summed E-state index contributed by atoms with van der Waals surface area (Å²) in [7, 11) is -3.72. The number of carbonyl (C=O) groups is 1. The second-order valence-electron chi connectivity index (χ2n) is 6.10. The molecule has 0 atom stereocenters. The highest BCUT2D eigenvalue weighted by atomic mass is 35.5. The van der Waals surface area contributed by atoms with E-state index in [0.717, 1.165) is 0 Å². The molecule has 10 heteroatoms. The number of amides is 1. The summed E-state index contributed by atoms with van der Waals surface area (Å²) in [6.07, 6.45) is 0. The molecule has 0 aliphatic carbocycles. The Kier molecular flexibility index (Phi) is 6.44. The molecular weight excluding hydrogens is 430 g/mol. The molecule has 0 spiro atoms. The van der Waals surface area contributed by atoms with E-state index in [1.807, 2.05) is 0 Å². The van der Waals surface area contributed by atoms with Crippen molar-refractivity contribution in [1.29, 1.82) is 0 Å². The third-order valence-corrected chi connectivity index (χ3v) is 6.93. The number of sulfonamides is 1. The second kappa shape index (κ2) is 8.65. The molecule has 6 nitrogen and oxygen atoms in total. The monoisotopic (exact) mass is 446 g/mol. The van der Waals surface area contributed by atoms with Crippen LogP contribution in [-0.4, -0.2) is 56.3 Å². The highest BCUT2D eigenvalue weighted by molar-refractivity contribution is 7.89. The van der Waals surface area contributed by atoms with E-state index in [1.165, 1.54) is 51.7 Å². The van der Waals surface area contributed by atoms with Gasteiger partial charge in [0.1, 0.15) is 11.6 Å². The Balaban J connectivity index is 1.56. The fourth-order valence-corrected chi connectivity index (χ4v) is 4.54. The van der Waals surface area contributed by atoms with Crippen LogP contribution in [0.2, 0.25) is 10.0 Å². The maximum Gasteiger partial charge on any atom is 0.260 e. The number of piperazine rings is 1. The summed E-state index contributed by atoms with van der Waals surface area (Å²) >= 11 is 11.8. The zero-order chi connectivity index (χ0) is 20.3. The summed E-state index contributed by atoms with van der Waals surface area (Å²) in [5, 5.41) is 0.437. The predicted molar refractivity (Wildman–Crippen MR) is 104 cm³/mol. The molecule has 1 aliphatic rings. The van der Waals surface area contributed by atoms with Crippen LogP contribution < -0.4 is 4.74 Å². The van der Waals surface area contributed by atoms with Gasteiger partial charge in [-0.15, -0.1) is 0 Å². The zero-order valence-electron chi connectivity index (χ0n) is 14.6. The van der Waals surface area contributed by atoms with Gasteiger partial charge in [0.25, 0.3) is 5.91 Å². The van der Waals surface area contributed by atoms with Crippen molar-refractivity contribution < 1.29 is 22.3 Å². The van der Waals surface area contributed by atoms with Crippen LogP contribution in [0.4, 0.5) is 4.39 Å². The number of benzene rings is 2. The minimum atomic E-state index is -3.72. The van der Waals surface area contributed by atoms with Crippen LogP contribution >= 0.6 is 23.2 Å². The number of hydrogen-bond donors (Lipinski definition) is 0. The van der Waals surface area contributed by atoms with Gasteiger partial charge < -0.3 is 9.64 Å². The van der Waals surface area contributed by atoms with E-state index in [9.17, 15) is 17.6 Å². The quantitative estimate of drug-likeness (QED) is 0.707. The van der Waals surface area contributed by atoms with Gasteiger partial charge in [0.2, 0.25) is 10.0 Å². The van der Waals surface area contributed by atoms with E-state index in [0.29, 0.717) is 5.75 Å². The van der Waals surface area contributed by atoms with E-state index in [2.05, 4.69) is 0 Å². The Bertz CT molecular complexity index is 962. The molecule has 0 saturated carbocycles. The van der Waals surface area contributed by atoms with Crippen LogP contribution in [0.5, 0.6) is 5.75 Å². The molecule has 0 aromatic heterocycles. The summed E-state index contributed by atoms with van der Waals surface area (Å²) in [4.78, 5) is 13.9. The van der Waals surface area contributed by atoms with Gasteiger partial charge in [-0.05, 0) is 42.5 Å². The van der Waals surface area contributed by atoms with E-state index < -0.39 is 15.8 Å². The average molecular weight is 447 g/mol. The number of halogens is 3. The fraction of sp³-hybridized carbons (Fsp3) is 0.278. The van der Waals surface area contributed by atoms with E-state index in [1.54, 1.807) is 0 Å². The normalized spacial score (nSPS) is 15.5. The lowest BCUT2D eigenvalue weighted by Gasteiger charge is -2.34. The first-order valence-electron chi connectivity index (χ1n) is 8.39. The standard InChI is InChI=1S/C18H17Cl2FN2O4S/c19-16-6-5-15(11-17(16)20)28(25,26)23-9-7-22(8-10-23)18(24)12-27-14-3-1-13(21)2-4-14/h1-6,11H,7-10,12H2. The minimum Gasteiger partial charge on any atom is -0.484 e. The van der Waals surface area contributed by atoms with Crippen LogP contribution in [0.15, 0.2) is 47.4 Å². The molecule has 0 radical (unpaired) electrons. The molecule has 1 aliphatic heterocycles.